The van der Waals surface area contributed by atoms with Gasteiger partial charge in [0.2, 0.25) is 0 Å². The van der Waals surface area contributed by atoms with Gasteiger partial charge < -0.3 is 9.80 Å². The molecule has 3 aliphatic rings. The maximum atomic E-state index is 13.7. The predicted octanol–water partition coefficient (Wildman–Crippen LogP) is 8.99. The number of benzene rings is 6. The van der Waals surface area contributed by atoms with Gasteiger partial charge in [-0.3, -0.25) is 4.79 Å². The molecular formula is C39H26N2O. The van der Waals surface area contributed by atoms with Crippen LogP contribution in [-0.2, 0) is 12.0 Å². The molecule has 3 heteroatoms. The van der Waals surface area contributed by atoms with Gasteiger partial charge in [-0.1, -0.05) is 109 Å². The Morgan fingerprint density at radius 3 is 1.62 bits per heavy atom. The molecular weight excluding hydrogens is 512 g/mol. The Morgan fingerprint density at radius 1 is 0.476 bits per heavy atom. The number of hydrogen-bond donors (Lipinski definition) is 0. The van der Waals surface area contributed by atoms with Crippen LogP contribution >= 0.6 is 0 Å². The smallest absolute Gasteiger partial charge is 0.259 e. The first kappa shape index (κ1) is 23.3. The number of rotatable bonds is 2. The van der Waals surface area contributed by atoms with Crippen molar-refractivity contribution in [1.29, 1.82) is 0 Å². The summed E-state index contributed by atoms with van der Waals surface area (Å²) in [4.78, 5) is 17.9. The first-order chi connectivity index (χ1) is 20.8. The molecule has 0 radical (unpaired) electrons. The Bertz CT molecular complexity index is 1970. The van der Waals surface area contributed by atoms with Gasteiger partial charge in [-0.15, -0.1) is 0 Å². The lowest BCUT2D eigenvalue weighted by molar-refractivity contribution is 0.0996. The minimum absolute atomic E-state index is 0.0479. The minimum Gasteiger partial charge on any atom is -0.310 e. The van der Waals surface area contributed by atoms with Crippen LogP contribution in [0.5, 0.6) is 0 Å². The van der Waals surface area contributed by atoms with Gasteiger partial charge in [0, 0.05) is 16.9 Å². The third kappa shape index (κ3) is 2.92. The Labute approximate surface area is 244 Å². The molecule has 2 heterocycles. The van der Waals surface area contributed by atoms with Gasteiger partial charge in [0.25, 0.3) is 5.91 Å². The molecule has 3 nitrogen and oxygen atoms in total. The Morgan fingerprint density at radius 2 is 1.00 bits per heavy atom. The zero-order valence-corrected chi connectivity index (χ0v) is 22.9. The maximum Gasteiger partial charge on any atom is 0.259 e. The molecule has 0 fully saturated rings. The number of fused-ring (bicyclic) bond motifs is 10. The van der Waals surface area contributed by atoms with Gasteiger partial charge in [0.05, 0.1) is 23.3 Å². The quantitative estimate of drug-likeness (QED) is 0.219. The van der Waals surface area contributed by atoms with E-state index in [0.717, 1.165) is 33.9 Å². The highest BCUT2D eigenvalue weighted by Crippen LogP contribution is 2.63. The molecule has 2 aliphatic heterocycles. The number of anilines is 4. The highest BCUT2D eigenvalue weighted by Gasteiger charge is 2.51. The Balaban J connectivity index is 1.28. The zero-order valence-electron chi connectivity index (χ0n) is 22.9. The van der Waals surface area contributed by atoms with Crippen LogP contribution in [0.15, 0.2) is 146 Å². The third-order valence-electron chi connectivity index (χ3n) is 9.27. The van der Waals surface area contributed by atoms with E-state index < -0.39 is 5.41 Å². The van der Waals surface area contributed by atoms with E-state index in [9.17, 15) is 4.79 Å². The highest BCUT2D eigenvalue weighted by atomic mass is 16.2. The summed E-state index contributed by atoms with van der Waals surface area (Å²) in [5.41, 5.74) is 13.3. The van der Waals surface area contributed by atoms with Crippen LogP contribution in [0.3, 0.4) is 0 Å². The molecule has 0 aromatic heterocycles. The molecule has 6 aromatic rings. The van der Waals surface area contributed by atoms with Crippen molar-refractivity contribution in [3.63, 3.8) is 0 Å². The molecule has 0 N–H and O–H groups in total. The average Bonchev–Trinajstić information content (AvgIpc) is 3.54. The summed E-state index contributed by atoms with van der Waals surface area (Å²) in [5, 5.41) is 0. The van der Waals surface area contributed by atoms with Crippen molar-refractivity contribution in [3.05, 3.63) is 179 Å². The second-order valence-corrected chi connectivity index (χ2v) is 11.3. The summed E-state index contributed by atoms with van der Waals surface area (Å²) in [5.74, 6) is 0.0479. The second-order valence-electron chi connectivity index (χ2n) is 11.3. The lowest BCUT2D eigenvalue weighted by Gasteiger charge is -2.45. The van der Waals surface area contributed by atoms with Crippen LogP contribution in [0.2, 0.25) is 0 Å². The van der Waals surface area contributed by atoms with E-state index in [1.807, 2.05) is 35.2 Å². The molecule has 42 heavy (non-hydrogen) atoms. The molecule has 0 saturated carbocycles. The van der Waals surface area contributed by atoms with E-state index >= 15 is 0 Å². The summed E-state index contributed by atoms with van der Waals surface area (Å²) >= 11 is 0. The molecule has 6 aromatic carbocycles. The van der Waals surface area contributed by atoms with Crippen molar-refractivity contribution >= 4 is 28.7 Å². The van der Waals surface area contributed by atoms with Gasteiger partial charge in [-0.05, 0) is 75.3 Å². The van der Waals surface area contributed by atoms with Crippen molar-refractivity contribution in [1.82, 2.24) is 0 Å². The molecule has 198 valence electrons. The third-order valence-corrected chi connectivity index (χ3v) is 9.27. The molecule has 0 saturated heterocycles. The number of nitrogens with zero attached hydrogens (tertiary/aromatic N) is 2. The number of amides is 1. The SMILES string of the molecule is O=C1c2cc(N3c4ccccc4C4(c5ccccc5-c5ccccc54)c4ccccc43)ccc2CN1c1ccccc1. The van der Waals surface area contributed by atoms with Crippen LogP contribution in [0.4, 0.5) is 22.7 Å². The molecule has 1 spiro atoms. The normalized spacial score (nSPS) is 15.2. The van der Waals surface area contributed by atoms with Crippen LogP contribution in [0.1, 0.15) is 38.2 Å². The van der Waals surface area contributed by atoms with Crippen molar-refractivity contribution < 1.29 is 4.79 Å². The van der Waals surface area contributed by atoms with E-state index in [2.05, 4.69) is 120 Å². The summed E-state index contributed by atoms with van der Waals surface area (Å²) in [6.07, 6.45) is 0. The Kier molecular flexibility index (Phi) is 4.74. The molecule has 0 bridgehead atoms. The fourth-order valence-corrected chi connectivity index (χ4v) is 7.58. The number of para-hydroxylation sites is 3. The molecule has 0 atom stereocenters. The lowest BCUT2D eigenvalue weighted by Crippen LogP contribution is -2.36. The number of hydrogen-bond acceptors (Lipinski definition) is 2. The molecule has 1 amide bonds. The number of carbonyl (C=O) groups is 1. The topological polar surface area (TPSA) is 23.6 Å². The van der Waals surface area contributed by atoms with Crippen molar-refractivity contribution in [2.45, 2.75) is 12.0 Å². The summed E-state index contributed by atoms with van der Waals surface area (Å²) in [6, 6.07) is 51.6. The standard InChI is InChI=1S/C39H26N2O/c42-38-31-24-28(23-22-26(31)25-40(38)27-12-2-1-3-13-27)41-36-20-10-8-18-34(36)39(35-19-9-11-21-37(35)41)32-16-6-4-14-29(32)30-15-5-7-17-33(30)39/h1-24H,25H2. The van der Waals surface area contributed by atoms with E-state index in [1.165, 1.54) is 33.4 Å². The summed E-state index contributed by atoms with van der Waals surface area (Å²) in [7, 11) is 0. The van der Waals surface area contributed by atoms with Crippen molar-refractivity contribution in [2.75, 3.05) is 9.80 Å². The van der Waals surface area contributed by atoms with Gasteiger partial charge in [-0.2, -0.15) is 0 Å². The first-order valence-electron chi connectivity index (χ1n) is 14.5. The fourth-order valence-electron chi connectivity index (χ4n) is 7.58. The second kappa shape index (κ2) is 8.55. The highest BCUT2D eigenvalue weighted by molar-refractivity contribution is 6.11. The van der Waals surface area contributed by atoms with E-state index in [1.54, 1.807) is 0 Å². The van der Waals surface area contributed by atoms with Gasteiger partial charge in [0.1, 0.15) is 0 Å². The van der Waals surface area contributed by atoms with E-state index in [0.29, 0.717) is 6.54 Å². The van der Waals surface area contributed by atoms with Crippen molar-refractivity contribution in [2.24, 2.45) is 0 Å². The first-order valence-corrected chi connectivity index (χ1v) is 14.5. The monoisotopic (exact) mass is 538 g/mol. The zero-order chi connectivity index (χ0) is 27.8. The van der Waals surface area contributed by atoms with E-state index in [-0.39, 0.29) is 5.91 Å². The number of carbonyl (C=O) groups excluding carboxylic acids is 1. The fraction of sp³-hybridized carbons (Fsp3) is 0.0513. The van der Waals surface area contributed by atoms with Crippen LogP contribution in [-0.4, -0.2) is 5.91 Å². The molecule has 9 rings (SSSR count). The summed E-state index contributed by atoms with van der Waals surface area (Å²) in [6.45, 7) is 0.586. The van der Waals surface area contributed by atoms with Crippen LogP contribution in [0.25, 0.3) is 11.1 Å². The van der Waals surface area contributed by atoms with E-state index in [4.69, 9.17) is 0 Å². The van der Waals surface area contributed by atoms with Crippen LogP contribution in [0, 0.1) is 0 Å². The lowest BCUT2D eigenvalue weighted by atomic mass is 9.64. The largest absolute Gasteiger partial charge is 0.310 e. The Hall–Kier alpha value is -5.41. The van der Waals surface area contributed by atoms with Crippen LogP contribution < -0.4 is 9.80 Å². The van der Waals surface area contributed by atoms with Crippen molar-refractivity contribution in [3.8, 4) is 11.1 Å². The predicted molar refractivity (Wildman–Crippen MR) is 169 cm³/mol. The average molecular weight is 539 g/mol. The molecule has 0 unspecified atom stereocenters. The maximum absolute atomic E-state index is 13.7. The van der Waals surface area contributed by atoms with Gasteiger partial charge in [-0.25, -0.2) is 0 Å². The van der Waals surface area contributed by atoms with Gasteiger partial charge >= 0.3 is 0 Å². The van der Waals surface area contributed by atoms with Gasteiger partial charge in [0.15, 0.2) is 0 Å². The summed E-state index contributed by atoms with van der Waals surface area (Å²) < 4.78 is 0. The molecule has 1 aliphatic carbocycles. The minimum atomic E-state index is -0.437.